The van der Waals surface area contributed by atoms with Crippen molar-refractivity contribution < 1.29 is 23.8 Å². The molecule has 1 N–H and O–H groups in total. The SMILES string of the molecule is CCOc1ccc(C(O)=C2C(=O)C(=O)N(Cc3ccccc3)C2c2ccccc2F)cc1. The lowest BCUT2D eigenvalue weighted by atomic mass is 9.94. The molecule has 1 atom stereocenters. The molecule has 1 fully saturated rings. The Balaban J connectivity index is 1.84. The van der Waals surface area contributed by atoms with Crippen molar-refractivity contribution in [3.63, 3.8) is 0 Å². The quantitative estimate of drug-likeness (QED) is 0.344. The number of benzene rings is 3. The number of aliphatic hydroxyl groups is 1. The first-order chi connectivity index (χ1) is 15.5. The first-order valence-electron chi connectivity index (χ1n) is 10.3. The molecule has 0 spiro atoms. The average molecular weight is 431 g/mol. The number of hydrogen-bond acceptors (Lipinski definition) is 4. The molecule has 0 saturated carbocycles. The first-order valence-corrected chi connectivity index (χ1v) is 10.3. The average Bonchev–Trinajstić information content (AvgIpc) is 3.05. The number of ether oxygens (including phenoxy) is 1. The molecule has 1 amide bonds. The van der Waals surface area contributed by atoms with E-state index in [0.29, 0.717) is 17.9 Å². The van der Waals surface area contributed by atoms with Crippen LogP contribution in [0.15, 0.2) is 84.4 Å². The molecule has 1 aliphatic heterocycles. The second kappa shape index (κ2) is 9.06. The number of ketones is 1. The van der Waals surface area contributed by atoms with Crippen LogP contribution >= 0.6 is 0 Å². The molecular formula is C26H22FNO4. The van der Waals surface area contributed by atoms with Crippen LogP contribution in [0.1, 0.15) is 29.7 Å². The van der Waals surface area contributed by atoms with E-state index in [1.807, 2.05) is 37.3 Å². The number of nitrogens with zero attached hydrogens (tertiary/aromatic N) is 1. The van der Waals surface area contributed by atoms with E-state index in [9.17, 15) is 19.1 Å². The highest BCUT2D eigenvalue weighted by atomic mass is 19.1. The fourth-order valence-electron chi connectivity index (χ4n) is 3.87. The zero-order chi connectivity index (χ0) is 22.7. The van der Waals surface area contributed by atoms with Gasteiger partial charge in [-0.1, -0.05) is 48.5 Å². The van der Waals surface area contributed by atoms with Gasteiger partial charge in [-0.2, -0.15) is 0 Å². The third-order valence-electron chi connectivity index (χ3n) is 5.37. The number of hydrogen-bond donors (Lipinski definition) is 1. The van der Waals surface area contributed by atoms with Gasteiger partial charge in [0.2, 0.25) is 0 Å². The van der Waals surface area contributed by atoms with Gasteiger partial charge in [0.25, 0.3) is 11.7 Å². The van der Waals surface area contributed by atoms with Gasteiger partial charge in [0.15, 0.2) is 0 Å². The van der Waals surface area contributed by atoms with Crippen LogP contribution in [0.25, 0.3) is 5.76 Å². The molecule has 1 aliphatic rings. The van der Waals surface area contributed by atoms with Gasteiger partial charge in [-0.15, -0.1) is 0 Å². The standard InChI is InChI=1S/C26H22FNO4/c1-2-32-19-14-12-18(13-15-19)24(29)22-23(20-10-6-7-11-21(20)27)28(26(31)25(22)30)16-17-8-4-3-5-9-17/h3-15,23,29H,2,16H2,1H3. The normalized spacial score (nSPS) is 17.6. The van der Waals surface area contributed by atoms with E-state index in [0.717, 1.165) is 5.56 Å². The lowest BCUT2D eigenvalue weighted by molar-refractivity contribution is -0.140. The minimum atomic E-state index is -1.05. The Morgan fingerprint density at radius 1 is 0.969 bits per heavy atom. The topological polar surface area (TPSA) is 66.8 Å². The summed E-state index contributed by atoms with van der Waals surface area (Å²) in [5.41, 5.74) is 1.14. The Hall–Kier alpha value is -3.93. The summed E-state index contributed by atoms with van der Waals surface area (Å²) >= 11 is 0. The molecule has 5 nitrogen and oxygen atoms in total. The van der Waals surface area contributed by atoms with Gasteiger partial charge in [-0.05, 0) is 42.8 Å². The molecule has 0 bridgehead atoms. The predicted octanol–water partition coefficient (Wildman–Crippen LogP) is 4.85. The second-order valence-electron chi connectivity index (χ2n) is 7.39. The van der Waals surface area contributed by atoms with Crippen molar-refractivity contribution in [3.8, 4) is 5.75 Å². The maximum absolute atomic E-state index is 14.8. The highest BCUT2D eigenvalue weighted by Gasteiger charge is 2.46. The van der Waals surface area contributed by atoms with E-state index in [-0.39, 0.29) is 23.4 Å². The number of aliphatic hydroxyl groups excluding tert-OH is 1. The number of carbonyl (C=O) groups excluding carboxylic acids is 2. The van der Waals surface area contributed by atoms with Crippen LogP contribution in [0.5, 0.6) is 5.75 Å². The number of halogens is 1. The van der Waals surface area contributed by atoms with Crippen molar-refractivity contribution in [2.45, 2.75) is 19.5 Å². The highest BCUT2D eigenvalue weighted by molar-refractivity contribution is 6.46. The Morgan fingerprint density at radius 2 is 1.62 bits per heavy atom. The van der Waals surface area contributed by atoms with E-state index in [4.69, 9.17) is 4.74 Å². The van der Waals surface area contributed by atoms with Crippen LogP contribution in [0.4, 0.5) is 4.39 Å². The summed E-state index contributed by atoms with van der Waals surface area (Å²) in [5, 5.41) is 11.1. The van der Waals surface area contributed by atoms with Gasteiger partial charge in [0.1, 0.15) is 17.3 Å². The van der Waals surface area contributed by atoms with Crippen LogP contribution < -0.4 is 4.74 Å². The van der Waals surface area contributed by atoms with E-state index >= 15 is 0 Å². The number of likely N-dealkylation sites (tertiary alicyclic amines) is 1. The summed E-state index contributed by atoms with van der Waals surface area (Å²) in [5.74, 6) is -1.93. The number of rotatable bonds is 6. The van der Waals surface area contributed by atoms with Gasteiger partial charge < -0.3 is 14.7 Å². The molecule has 6 heteroatoms. The maximum atomic E-state index is 14.8. The third kappa shape index (κ3) is 3.99. The third-order valence-corrected chi connectivity index (χ3v) is 5.37. The lowest BCUT2D eigenvalue weighted by Crippen LogP contribution is -2.29. The zero-order valence-electron chi connectivity index (χ0n) is 17.5. The molecule has 0 aromatic heterocycles. The predicted molar refractivity (Wildman–Crippen MR) is 118 cm³/mol. The van der Waals surface area contributed by atoms with Crippen molar-refractivity contribution in [2.75, 3.05) is 6.61 Å². The van der Waals surface area contributed by atoms with Gasteiger partial charge in [-0.3, -0.25) is 9.59 Å². The van der Waals surface area contributed by atoms with Crippen molar-refractivity contribution in [1.29, 1.82) is 0 Å². The van der Waals surface area contributed by atoms with Crippen molar-refractivity contribution in [1.82, 2.24) is 4.90 Å². The fraction of sp³-hybridized carbons (Fsp3) is 0.154. The Morgan fingerprint density at radius 3 is 2.28 bits per heavy atom. The second-order valence-corrected chi connectivity index (χ2v) is 7.39. The smallest absolute Gasteiger partial charge is 0.295 e. The number of amides is 1. The van der Waals surface area contributed by atoms with Gasteiger partial charge in [0, 0.05) is 17.7 Å². The van der Waals surface area contributed by atoms with Crippen molar-refractivity contribution in [3.05, 3.63) is 107 Å². The Bertz CT molecular complexity index is 1170. The largest absolute Gasteiger partial charge is 0.507 e. The minimum absolute atomic E-state index is 0.102. The molecule has 1 saturated heterocycles. The minimum Gasteiger partial charge on any atom is -0.507 e. The molecule has 1 unspecified atom stereocenters. The van der Waals surface area contributed by atoms with Crippen LogP contribution in [-0.2, 0) is 16.1 Å². The molecule has 32 heavy (non-hydrogen) atoms. The maximum Gasteiger partial charge on any atom is 0.295 e. The molecule has 0 aliphatic carbocycles. The van der Waals surface area contributed by atoms with Gasteiger partial charge >= 0.3 is 0 Å². The Kier molecular flexibility index (Phi) is 6.03. The van der Waals surface area contributed by atoms with E-state index < -0.39 is 23.5 Å². The number of Topliss-reactive ketones (excluding diaryl/α,β-unsaturated/α-hetero) is 1. The summed E-state index contributed by atoms with van der Waals surface area (Å²) in [4.78, 5) is 27.3. The fourth-order valence-corrected chi connectivity index (χ4v) is 3.87. The Labute approximate surface area is 185 Å². The van der Waals surface area contributed by atoms with Crippen LogP contribution in [0.2, 0.25) is 0 Å². The van der Waals surface area contributed by atoms with Gasteiger partial charge in [-0.25, -0.2) is 4.39 Å². The lowest BCUT2D eigenvalue weighted by Gasteiger charge is -2.25. The molecule has 3 aromatic rings. The van der Waals surface area contributed by atoms with E-state index in [1.54, 1.807) is 30.3 Å². The summed E-state index contributed by atoms with van der Waals surface area (Å²) in [6.07, 6.45) is 0. The summed E-state index contributed by atoms with van der Waals surface area (Å²) in [6, 6.07) is 20.6. The molecule has 3 aromatic carbocycles. The number of carbonyl (C=O) groups is 2. The van der Waals surface area contributed by atoms with Crippen LogP contribution in [-0.4, -0.2) is 28.3 Å². The van der Waals surface area contributed by atoms with Crippen molar-refractivity contribution >= 4 is 17.4 Å². The summed E-state index contributed by atoms with van der Waals surface area (Å²) in [7, 11) is 0. The molecule has 1 heterocycles. The molecule has 162 valence electrons. The van der Waals surface area contributed by atoms with Gasteiger partial charge in [0.05, 0.1) is 18.2 Å². The van der Waals surface area contributed by atoms with Crippen LogP contribution in [0, 0.1) is 5.82 Å². The molecule has 4 rings (SSSR count). The molecule has 0 radical (unpaired) electrons. The van der Waals surface area contributed by atoms with E-state index in [1.165, 1.54) is 23.1 Å². The monoisotopic (exact) mass is 431 g/mol. The van der Waals surface area contributed by atoms with E-state index in [2.05, 4.69) is 0 Å². The highest BCUT2D eigenvalue weighted by Crippen LogP contribution is 2.41. The molecular weight excluding hydrogens is 409 g/mol. The first kappa shape index (κ1) is 21.3. The van der Waals surface area contributed by atoms with Crippen LogP contribution in [0.3, 0.4) is 0 Å². The summed E-state index contributed by atoms with van der Waals surface area (Å²) < 4.78 is 20.2. The summed E-state index contributed by atoms with van der Waals surface area (Å²) in [6.45, 7) is 2.45. The zero-order valence-corrected chi connectivity index (χ0v) is 17.5. The van der Waals surface area contributed by atoms with Crippen molar-refractivity contribution in [2.24, 2.45) is 0 Å².